The summed E-state index contributed by atoms with van der Waals surface area (Å²) in [4.78, 5) is 24.8. The highest BCUT2D eigenvalue weighted by atomic mass is 16.5. The Morgan fingerprint density at radius 3 is 3.00 bits per heavy atom. The molecule has 0 aliphatic carbocycles. The summed E-state index contributed by atoms with van der Waals surface area (Å²) in [6, 6.07) is -1.17. The number of rotatable bonds is 5. The highest BCUT2D eigenvalue weighted by Crippen LogP contribution is 2.24. The van der Waals surface area contributed by atoms with E-state index in [1.165, 1.54) is 11.1 Å². The molecule has 8 nitrogen and oxygen atoms in total. The zero-order valence-corrected chi connectivity index (χ0v) is 12.2. The second-order valence-electron chi connectivity index (χ2n) is 5.16. The van der Waals surface area contributed by atoms with Gasteiger partial charge >= 0.3 is 12.0 Å². The molecule has 2 atom stereocenters. The van der Waals surface area contributed by atoms with Crippen LogP contribution in [-0.2, 0) is 16.1 Å². The van der Waals surface area contributed by atoms with E-state index in [9.17, 15) is 14.7 Å². The lowest BCUT2D eigenvalue weighted by Gasteiger charge is -2.23. The summed E-state index contributed by atoms with van der Waals surface area (Å²) in [5.41, 5.74) is 0.541. The molecule has 1 aromatic rings. The van der Waals surface area contributed by atoms with E-state index in [-0.39, 0.29) is 5.92 Å². The maximum atomic E-state index is 12.2. The van der Waals surface area contributed by atoms with Crippen LogP contribution in [-0.4, -0.2) is 58.1 Å². The SMILES string of the molecule is COCCn1cc(NC(=O)N2CCC(C)C2C(=O)O)cn1. The second-order valence-corrected chi connectivity index (χ2v) is 5.16. The van der Waals surface area contributed by atoms with Gasteiger partial charge in [0.25, 0.3) is 0 Å². The van der Waals surface area contributed by atoms with Gasteiger partial charge in [-0.2, -0.15) is 5.10 Å². The first-order valence-corrected chi connectivity index (χ1v) is 6.84. The van der Waals surface area contributed by atoms with Crippen molar-refractivity contribution in [3.8, 4) is 0 Å². The van der Waals surface area contributed by atoms with Gasteiger partial charge in [0.2, 0.25) is 0 Å². The molecule has 1 aliphatic heterocycles. The summed E-state index contributed by atoms with van der Waals surface area (Å²) in [7, 11) is 1.60. The van der Waals surface area contributed by atoms with Gasteiger partial charge in [0.1, 0.15) is 6.04 Å². The molecular weight excluding hydrogens is 276 g/mol. The van der Waals surface area contributed by atoms with E-state index in [4.69, 9.17) is 4.74 Å². The fraction of sp³-hybridized carbons (Fsp3) is 0.615. The molecule has 8 heteroatoms. The Balaban J connectivity index is 1.97. The number of aromatic nitrogens is 2. The Kier molecular flexibility index (Phi) is 4.79. The van der Waals surface area contributed by atoms with Crippen molar-refractivity contribution >= 4 is 17.7 Å². The maximum Gasteiger partial charge on any atom is 0.326 e. The first-order valence-electron chi connectivity index (χ1n) is 6.84. The Bertz CT molecular complexity index is 516. The van der Waals surface area contributed by atoms with Crippen LogP contribution in [0.3, 0.4) is 0 Å². The molecule has 0 spiro atoms. The first-order chi connectivity index (χ1) is 10.0. The number of hydrogen-bond acceptors (Lipinski definition) is 4. The number of carboxylic acid groups (broad SMARTS) is 1. The second kappa shape index (κ2) is 6.57. The first kappa shape index (κ1) is 15.3. The predicted molar refractivity (Wildman–Crippen MR) is 75.0 cm³/mol. The maximum absolute atomic E-state index is 12.2. The van der Waals surface area contributed by atoms with Crippen molar-refractivity contribution in [2.45, 2.75) is 25.9 Å². The molecule has 0 radical (unpaired) electrons. The summed E-state index contributed by atoms with van der Waals surface area (Å²) in [6.07, 6.45) is 3.91. The Hall–Kier alpha value is -2.09. The monoisotopic (exact) mass is 296 g/mol. The lowest BCUT2D eigenvalue weighted by Crippen LogP contribution is -2.44. The summed E-state index contributed by atoms with van der Waals surface area (Å²) in [5, 5.41) is 16.0. The van der Waals surface area contributed by atoms with Crippen molar-refractivity contribution in [1.29, 1.82) is 0 Å². The highest BCUT2D eigenvalue weighted by molar-refractivity contribution is 5.92. The lowest BCUT2D eigenvalue weighted by atomic mass is 10.0. The van der Waals surface area contributed by atoms with Gasteiger partial charge in [0, 0.05) is 19.9 Å². The van der Waals surface area contributed by atoms with Gasteiger partial charge in [-0.25, -0.2) is 9.59 Å². The van der Waals surface area contributed by atoms with Crippen LogP contribution in [0.1, 0.15) is 13.3 Å². The van der Waals surface area contributed by atoms with Crippen LogP contribution in [0, 0.1) is 5.92 Å². The fourth-order valence-electron chi connectivity index (χ4n) is 2.48. The number of nitrogens with zero attached hydrogens (tertiary/aromatic N) is 3. The third-order valence-electron chi connectivity index (χ3n) is 3.62. The van der Waals surface area contributed by atoms with E-state index < -0.39 is 18.0 Å². The molecule has 0 bridgehead atoms. The van der Waals surface area contributed by atoms with Gasteiger partial charge in [0.05, 0.1) is 25.0 Å². The van der Waals surface area contributed by atoms with Crippen LogP contribution in [0.25, 0.3) is 0 Å². The minimum Gasteiger partial charge on any atom is -0.480 e. The average molecular weight is 296 g/mol. The van der Waals surface area contributed by atoms with Gasteiger partial charge < -0.3 is 20.1 Å². The molecular formula is C13H20N4O4. The minimum absolute atomic E-state index is 0.0438. The average Bonchev–Trinajstić information content (AvgIpc) is 3.02. The predicted octanol–water partition coefficient (Wildman–Crippen LogP) is 0.856. The van der Waals surface area contributed by atoms with Crippen molar-refractivity contribution in [3.05, 3.63) is 12.4 Å². The van der Waals surface area contributed by atoms with Gasteiger partial charge in [-0.1, -0.05) is 6.92 Å². The molecule has 1 fully saturated rings. The topological polar surface area (TPSA) is 96.7 Å². The smallest absolute Gasteiger partial charge is 0.326 e. The zero-order valence-electron chi connectivity index (χ0n) is 12.2. The van der Waals surface area contributed by atoms with Crippen LogP contribution in [0.5, 0.6) is 0 Å². The van der Waals surface area contributed by atoms with Gasteiger partial charge in [-0.05, 0) is 12.3 Å². The van der Waals surface area contributed by atoms with E-state index in [1.807, 2.05) is 6.92 Å². The number of aliphatic carboxylic acids is 1. The molecule has 0 aromatic carbocycles. The van der Waals surface area contributed by atoms with Crippen molar-refractivity contribution in [2.75, 3.05) is 25.6 Å². The minimum atomic E-state index is -0.967. The van der Waals surface area contributed by atoms with Gasteiger partial charge in [-0.15, -0.1) is 0 Å². The van der Waals surface area contributed by atoms with Crippen molar-refractivity contribution in [1.82, 2.24) is 14.7 Å². The molecule has 2 rings (SSSR count). The van der Waals surface area contributed by atoms with Crippen molar-refractivity contribution in [2.24, 2.45) is 5.92 Å². The van der Waals surface area contributed by atoms with Gasteiger partial charge in [0.15, 0.2) is 0 Å². The van der Waals surface area contributed by atoms with E-state index in [0.717, 1.165) is 0 Å². The number of amides is 2. The van der Waals surface area contributed by atoms with E-state index in [1.54, 1.807) is 18.0 Å². The van der Waals surface area contributed by atoms with Crippen LogP contribution >= 0.6 is 0 Å². The number of carbonyl (C=O) groups is 2. The molecule has 2 N–H and O–H groups in total. The number of carbonyl (C=O) groups excluding carboxylic acids is 1. The number of ether oxygens (including phenoxy) is 1. The molecule has 0 saturated carbocycles. The molecule has 2 amide bonds. The molecule has 2 heterocycles. The Morgan fingerprint density at radius 1 is 1.57 bits per heavy atom. The van der Waals surface area contributed by atoms with E-state index in [0.29, 0.717) is 31.8 Å². The number of anilines is 1. The summed E-state index contributed by atoms with van der Waals surface area (Å²) >= 11 is 0. The van der Waals surface area contributed by atoms with E-state index >= 15 is 0 Å². The molecule has 1 aromatic heterocycles. The zero-order chi connectivity index (χ0) is 15.4. The largest absolute Gasteiger partial charge is 0.480 e. The number of nitrogens with one attached hydrogen (secondary N) is 1. The number of methoxy groups -OCH3 is 1. The van der Waals surface area contributed by atoms with E-state index in [2.05, 4.69) is 10.4 Å². The summed E-state index contributed by atoms with van der Waals surface area (Å²) in [6.45, 7) is 3.40. The normalized spacial score (nSPS) is 21.5. The van der Waals surface area contributed by atoms with Crippen molar-refractivity contribution < 1.29 is 19.4 Å². The Morgan fingerprint density at radius 2 is 2.33 bits per heavy atom. The van der Waals surface area contributed by atoms with Crippen LogP contribution < -0.4 is 5.32 Å². The third kappa shape index (κ3) is 3.52. The third-order valence-corrected chi connectivity index (χ3v) is 3.62. The summed E-state index contributed by atoms with van der Waals surface area (Å²) in [5.74, 6) is -1.01. The fourth-order valence-corrected chi connectivity index (χ4v) is 2.48. The standard InChI is InChI=1S/C13H20N4O4/c1-9-3-4-17(11(9)12(18)19)13(20)15-10-7-14-16(8-10)5-6-21-2/h7-9,11H,3-6H2,1-2H3,(H,15,20)(H,18,19). The van der Waals surface area contributed by atoms with Crippen LogP contribution in [0.2, 0.25) is 0 Å². The molecule has 116 valence electrons. The lowest BCUT2D eigenvalue weighted by molar-refractivity contribution is -0.142. The Labute approximate surface area is 122 Å². The number of urea groups is 1. The number of carboxylic acids is 1. The van der Waals surface area contributed by atoms with Gasteiger partial charge in [-0.3, -0.25) is 4.68 Å². The van der Waals surface area contributed by atoms with Crippen LogP contribution in [0.4, 0.5) is 10.5 Å². The number of likely N-dealkylation sites (tertiary alicyclic amines) is 1. The summed E-state index contributed by atoms with van der Waals surface area (Å²) < 4.78 is 6.60. The molecule has 21 heavy (non-hydrogen) atoms. The highest BCUT2D eigenvalue weighted by Gasteiger charge is 2.39. The van der Waals surface area contributed by atoms with Crippen molar-refractivity contribution in [3.63, 3.8) is 0 Å². The molecule has 1 aliphatic rings. The quantitative estimate of drug-likeness (QED) is 0.840. The van der Waals surface area contributed by atoms with Crippen LogP contribution in [0.15, 0.2) is 12.4 Å². The molecule has 2 unspecified atom stereocenters. The number of hydrogen-bond donors (Lipinski definition) is 2. The molecule has 1 saturated heterocycles.